The van der Waals surface area contributed by atoms with Crippen molar-refractivity contribution in [1.29, 1.82) is 0 Å². The number of benzene rings is 1. The predicted octanol–water partition coefficient (Wildman–Crippen LogP) is 3.07. The van der Waals surface area contributed by atoms with Crippen LogP contribution in [-0.4, -0.2) is 19.1 Å². The molecule has 0 heterocycles. The molecule has 1 aromatic carbocycles. The van der Waals surface area contributed by atoms with E-state index in [9.17, 15) is 18.0 Å². The molecule has 0 radical (unpaired) electrons. The van der Waals surface area contributed by atoms with Crippen molar-refractivity contribution in [1.82, 2.24) is 0 Å². The van der Waals surface area contributed by atoms with Gasteiger partial charge in [0.1, 0.15) is 6.61 Å². The second-order valence-corrected chi connectivity index (χ2v) is 3.68. The van der Waals surface area contributed by atoms with Gasteiger partial charge in [-0.3, -0.25) is 4.79 Å². The Morgan fingerprint density at radius 3 is 2.72 bits per heavy atom. The first kappa shape index (κ1) is 14.5. The Labute approximate surface area is 103 Å². The molecule has 1 amide bonds. The molecule has 0 aromatic heterocycles. The number of alkyl halides is 3. The van der Waals surface area contributed by atoms with Crippen LogP contribution >= 0.6 is 0 Å². The first-order valence-electron chi connectivity index (χ1n) is 5.48. The van der Waals surface area contributed by atoms with Crippen LogP contribution in [0.25, 0.3) is 0 Å². The largest absolute Gasteiger partial charge is 0.416 e. The highest BCUT2D eigenvalue weighted by Crippen LogP contribution is 2.30. The highest BCUT2D eigenvalue weighted by molar-refractivity contribution is 5.91. The fourth-order valence-corrected chi connectivity index (χ4v) is 1.28. The zero-order chi connectivity index (χ0) is 13.6. The molecule has 1 aromatic rings. The van der Waals surface area contributed by atoms with Crippen LogP contribution in [0.15, 0.2) is 24.3 Å². The summed E-state index contributed by atoms with van der Waals surface area (Å²) in [5, 5.41) is 2.35. The Morgan fingerprint density at radius 2 is 2.11 bits per heavy atom. The molecule has 18 heavy (non-hydrogen) atoms. The van der Waals surface area contributed by atoms with Crippen LogP contribution in [0, 0.1) is 0 Å². The Hall–Kier alpha value is -1.56. The molecule has 1 N–H and O–H groups in total. The summed E-state index contributed by atoms with van der Waals surface area (Å²) in [5.74, 6) is -0.470. The maximum absolute atomic E-state index is 12.4. The van der Waals surface area contributed by atoms with Crippen LogP contribution in [-0.2, 0) is 15.7 Å². The molecule has 0 spiro atoms. The van der Waals surface area contributed by atoms with Crippen molar-refractivity contribution >= 4 is 11.6 Å². The lowest BCUT2D eigenvalue weighted by Crippen LogP contribution is -2.19. The molecule has 100 valence electrons. The number of nitrogens with one attached hydrogen (secondary N) is 1. The molecular formula is C12H14F3NO2. The van der Waals surface area contributed by atoms with E-state index in [0.717, 1.165) is 18.6 Å². The number of rotatable bonds is 5. The van der Waals surface area contributed by atoms with Gasteiger partial charge >= 0.3 is 6.18 Å². The SMILES string of the molecule is CCCOCC(=O)Nc1cccc(C(F)(F)F)c1. The lowest BCUT2D eigenvalue weighted by Gasteiger charge is -2.09. The number of halogens is 3. The molecule has 0 saturated heterocycles. The number of carbonyl (C=O) groups is 1. The van der Waals surface area contributed by atoms with Crippen molar-refractivity contribution in [3.05, 3.63) is 29.8 Å². The Kier molecular flexibility index (Phi) is 5.15. The van der Waals surface area contributed by atoms with E-state index in [-0.39, 0.29) is 12.3 Å². The van der Waals surface area contributed by atoms with Gasteiger partial charge in [-0.15, -0.1) is 0 Å². The lowest BCUT2D eigenvalue weighted by molar-refractivity contribution is -0.137. The van der Waals surface area contributed by atoms with Gasteiger partial charge < -0.3 is 10.1 Å². The van der Waals surface area contributed by atoms with Crippen molar-refractivity contribution in [2.45, 2.75) is 19.5 Å². The van der Waals surface area contributed by atoms with Crippen LogP contribution < -0.4 is 5.32 Å². The van der Waals surface area contributed by atoms with E-state index in [1.54, 1.807) is 0 Å². The summed E-state index contributed by atoms with van der Waals surface area (Å²) in [4.78, 5) is 11.3. The first-order valence-corrected chi connectivity index (χ1v) is 5.48. The van der Waals surface area contributed by atoms with E-state index in [1.165, 1.54) is 12.1 Å². The van der Waals surface area contributed by atoms with E-state index >= 15 is 0 Å². The van der Waals surface area contributed by atoms with Gasteiger partial charge in [-0.2, -0.15) is 13.2 Å². The highest BCUT2D eigenvalue weighted by Gasteiger charge is 2.30. The van der Waals surface area contributed by atoms with E-state index in [2.05, 4.69) is 5.32 Å². The first-order chi connectivity index (χ1) is 8.43. The van der Waals surface area contributed by atoms with Gasteiger partial charge in [0.2, 0.25) is 5.91 Å². The minimum atomic E-state index is -4.42. The van der Waals surface area contributed by atoms with Crippen molar-refractivity contribution < 1.29 is 22.7 Å². The molecule has 1 rings (SSSR count). The minimum Gasteiger partial charge on any atom is -0.372 e. The van der Waals surface area contributed by atoms with Crippen molar-refractivity contribution in [3.8, 4) is 0 Å². The van der Waals surface area contributed by atoms with E-state index in [1.807, 2.05) is 6.92 Å². The van der Waals surface area contributed by atoms with E-state index < -0.39 is 17.6 Å². The summed E-state index contributed by atoms with van der Waals surface area (Å²) in [6, 6.07) is 4.47. The molecule has 3 nitrogen and oxygen atoms in total. The lowest BCUT2D eigenvalue weighted by atomic mass is 10.2. The maximum atomic E-state index is 12.4. The third-order valence-electron chi connectivity index (χ3n) is 2.06. The average Bonchev–Trinajstić information content (AvgIpc) is 2.28. The maximum Gasteiger partial charge on any atom is 0.416 e. The van der Waals surface area contributed by atoms with Gasteiger partial charge in [0, 0.05) is 12.3 Å². The highest BCUT2D eigenvalue weighted by atomic mass is 19.4. The molecule has 6 heteroatoms. The van der Waals surface area contributed by atoms with E-state index in [4.69, 9.17) is 4.74 Å². The summed E-state index contributed by atoms with van der Waals surface area (Å²) in [6.07, 6.45) is -3.64. The summed E-state index contributed by atoms with van der Waals surface area (Å²) < 4.78 is 42.2. The normalized spacial score (nSPS) is 11.3. The Morgan fingerprint density at radius 1 is 1.39 bits per heavy atom. The number of anilines is 1. The van der Waals surface area contributed by atoms with Crippen molar-refractivity contribution in [2.75, 3.05) is 18.5 Å². The smallest absolute Gasteiger partial charge is 0.372 e. The minimum absolute atomic E-state index is 0.106. The monoisotopic (exact) mass is 261 g/mol. The van der Waals surface area contributed by atoms with Crippen LogP contribution in [0.5, 0.6) is 0 Å². The van der Waals surface area contributed by atoms with Gasteiger partial charge in [-0.05, 0) is 24.6 Å². The van der Waals surface area contributed by atoms with Gasteiger partial charge in [-0.1, -0.05) is 13.0 Å². The molecule has 0 unspecified atom stereocenters. The molecule has 0 saturated carbocycles. The van der Waals surface area contributed by atoms with Crippen LogP contribution in [0.2, 0.25) is 0 Å². The third kappa shape index (κ3) is 4.75. The molecular weight excluding hydrogens is 247 g/mol. The topological polar surface area (TPSA) is 38.3 Å². The molecule has 0 atom stereocenters. The molecule has 0 bridgehead atoms. The fraction of sp³-hybridized carbons (Fsp3) is 0.417. The zero-order valence-electron chi connectivity index (χ0n) is 9.88. The number of ether oxygens (including phenoxy) is 1. The number of hydrogen-bond donors (Lipinski definition) is 1. The number of hydrogen-bond acceptors (Lipinski definition) is 2. The van der Waals surface area contributed by atoms with E-state index in [0.29, 0.717) is 6.61 Å². The summed E-state index contributed by atoms with van der Waals surface area (Å²) in [5.41, 5.74) is -0.690. The van der Waals surface area contributed by atoms with Gasteiger partial charge in [0.25, 0.3) is 0 Å². The standard InChI is InChI=1S/C12H14F3NO2/c1-2-6-18-8-11(17)16-10-5-3-4-9(7-10)12(13,14)15/h3-5,7H,2,6,8H2,1H3,(H,16,17). The zero-order valence-corrected chi connectivity index (χ0v) is 9.88. The number of amides is 1. The van der Waals surface area contributed by atoms with Crippen LogP contribution in [0.3, 0.4) is 0 Å². The number of carbonyl (C=O) groups excluding carboxylic acids is 1. The third-order valence-corrected chi connectivity index (χ3v) is 2.06. The van der Waals surface area contributed by atoms with Gasteiger partial charge in [-0.25, -0.2) is 0 Å². The summed E-state index contributed by atoms with van der Waals surface area (Å²) >= 11 is 0. The Bertz CT molecular complexity index is 405. The Balaban J connectivity index is 2.60. The van der Waals surface area contributed by atoms with Crippen molar-refractivity contribution in [2.24, 2.45) is 0 Å². The quantitative estimate of drug-likeness (QED) is 0.827. The van der Waals surface area contributed by atoms with Crippen molar-refractivity contribution in [3.63, 3.8) is 0 Å². The molecule has 0 fully saturated rings. The van der Waals surface area contributed by atoms with Crippen LogP contribution in [0.4, 0.5) is 18.9 Å². The van der Waals surface area contributed by atoms with Gasteiger partial charge in [0.15, 0.2) is 0 Å². The second-order valence-electron chi connectivity index (χ2n) is 3.68. The molecule has 0 aliphatic heterocycles. The molecule has 0 aliphatic rings. The molecule has 0 aliphatic carbocycles. The fourth-order valence-electron chi connectivity index (χ4n) is 1.28. The summed E-state index contributed by atoms with van der Waals surface area (Å²) in [7, 11) is 0. The van der Waals surface area contributed by atoms with Gasteiger partial charge in [0.05, 0.1) is 5.56 Å². The average molecular weight is 261 g/mol. The van der Waals surface area contributed by atoms with Crippen LogP contribution in [0.1, 0.15) is 18.9 Å². The predicted molar refractivity (Wildman–Crippen MR) is 61.2 cm³/mol. The second kappa shape index (κ2) is 6.39. The summed E-state index contributed by atoms with van der Waals surface area (Å²) in [6.45, 7) is 2.17.